The molecule has 1 heterocycles. The first-order chi connectivity index (χ1) is 12.6. The van der Waals surface area contributed by atoms with Gasteiger partial charge in [-0.15, -0.1) is 11.6 Å². The second-order valence-electron chi connectivity index (χ2n) is 6.63. The maximum absolute atomic E-state index is 12.7. The number of hydrogen-bond donors (Lipinski definition) is 0. The standard InChI is InChI=1S/C21H23ClN2O2/c1-16-6-5-7-17(14-16)21(26)23-12-10-19(11-13-23)24(20(25)15-22)18-8-3-2-4-9-18/h2-9,14,19H,10-13,15H2,1H3. The van der Waals surface area contributed by atoms with Crippen molar-refractivity contribution in [2.75, 3.05) is 23.9 Å². The predicted molar refractivity (Wildman–Crippen MR) is 105 cm³/mol. The first kappa shape index (κ1) is 18.5. The summed E-state index contributed by atoms with van der Waals surface area (Å²) < 4.78 is 0. The zero-order valence-electron chi connectivity index (χ0n) is 14.9. The van der Waals surface area contributed by atoms with Gasteiger partial charge >= 0.3 is 0 Å². The maximum Gasteiger partial charge on any atom is 0.253 e. The molecule has 2 amide bonds. The van der Waals surface area contributed by atoms with Crippen LogP contribution in [0.15, 0.2) is 54.6 Å². The minimum absolute atomic E-state index is 0.0443. The number of halogens is 1. The lowest BCUT2D eigenvalue weighted by Gasteiger charge is -2.38. The fourth-order valence-electron chi connectivity index (χ4n) is 3.50. The van der Waals surface area contributed by atoms with Crippen LogP contribution in [0.1, 0.15) is 28.8 Å². The van der Waals surface area contributed by atoms with Crippen molar-refractivity contribution in [3.8, 4) is 0 Å². The zero-order valence-corrected chi connectivity index (χ0v) is 15.7. The highest BCUT2D eigenvalue weighted by molar-refractivity contribution is 6.29. The van der Waals surface area contributed by atoms with Crippen LogP contribution in [0.4, 0.5) is 5.69 Å². The summed E-state index contributed by atoms with van der Waals surface area (Å²) in [6.45, 7) is 3.26. The highest BCUT2D eigenvalue weighted by Gasteiger charge is 2.30. The molecule has 1 fully saturated rings. The molecule has 0 N–H and O–H groups in total. The van der Waals surface area contributed by atoms with E-state index in [9.17, 15) is 9.59 Å². The molecule has 0 atom stereocenters. The lowest BCUT2D eigenvalue weighted by Crippen LogP contribution is -2.49. The van der Waals surface area contributed by atoms with Gasteiger partial charge in [-0.05, 0) is 44.0 Å². The fourth-order valence-corrected chi connectivity index (χ4v) is 3.63. The Labute approximate surface area is 159 Å². The number of alkyl halides is 1. The molecule has 2 aromatic carbocycles. The molecule has 5 heteroatoms. The third kappa shape index (κ3) is 4.07. The number of likely N-dealkylation sites (tertiary alicyclic amines) is 1. The molecule has 1 aliphatic rings. The van der Waals surface area contributed by atoms with E-state index >= 15 is 0 Å². The Bertz CT molecular complexity index is 771. The molecule has 136 valence electrons. The van der Waals surface area contributed by atoms with Gasteiger partial charge in [0.1, 0.15) is 5.88 Å². The van der Waals surface area contributed by atoms with Crippen LogP contribution in [-0.2, 0) is 4.79 Å². The molecule has 1 aliphatic heterocycles. The van der Waals surface area contributed by atoms with Crippen molar-refractivity contribution in [1.29, 1.82) is 0 Å². The van der Waals surface area contributed by atoms with Crippen LogP contribution in [0, 0.1) is 6.92 Å². The average molecular weight is 371 g/mol. The molecule has 0 saturated carbocycles. The van der Waals surface area contributed by atoms with Gasteiger partial charge in [-0.3, -0.25) is 9.59 Å². The van der Waals surface area contributed by atoms with Crippen molar-refractivity contribution < 1.29 is 9.59 Å². The van der Waals surface area contributed by atoms with Gasteiger partial charge in [-0.1, -0.05) is 35.9 Å². The Morgan fingerprint density at radius 2 is 1.77 bits per heavy atom. The number of hydrogen-bond acceptors (Lipinski definition) is 2. The third-order valence-corrected chi connectivity index (χ3v) is 5.03. The quantitative estimate of drug-likeness (QED) is 0.766. The highest BCUT2D eigenvalue weighted by Crippen LogP contribution is 2.25. The summed E-state index contributed by atoms with van der Waals surface area (Å²) in [5.41, 5.74) is 2.66. The predicted octanol–water partition coefficient (Wildman–Crippen LogP) is 3.87. The molecule has 26 heavy (non-hydrogen) atoms. The lowest BCUT2D eigenvalue weighted by atomic mass is 10.0. The summed E-state index contributed by atoms with van der Waals surface area (Å²) in [4.78, 5) is 28.8. The molecule has 0 aromatic heterocycles. The van der Waals surface area contributed by atoms with Gasteiger partial charge in [0.15, 0.2) is 0 Å². The Balaban J connectivity index is 1.70. The van der Waals surface area contributed by atoms with Crippen LogP contribution in [-0.4, -0.2) is 41.7 Å². The van der Waals surface area contributed by atoms with Gasteiger partial charge < -0.3 is 9.80 Å². The largest absolute Gasteiger partial charge is 0.338 e. The topological polar surface area (TPSA) is 40.6 Å². The molecule has 1 saturated heterocycles. The molecule has 0 unspecified atom stereocenters. The molecule has 4 nitrogen and oxygen atoms in total. The van der Waals surface area contributed by atoms with Crippen LogP contribution in [0.3, 0.4) is 0 Å². The lowest BCUT2D eigenvalue weighted by molar-refractivity contribution is -0.116. The van der Waals surface area contributed by atoms with Gasteiger partial charge in [-0.25, -0.2) is 0 Å². The van der Waals surface area contributed by atoms with Crippen LogP contribution in [0.5, 0.6) is 0 Å². The van der Waals surface area contributed by atoms with Gasteiger partial charge in [0.25, 0.3) is 5.91 Å². The molecule has 3 rings (SSSR count). The van der Waals surface area contributed by atoms with E-state index in [1.54, 1.807) is 4.90 Å². The number of amides is 2. The highest BCUT2D eigenvalue weighted by atomic mass is 35.5. The van der Waals surface area contributed by atoms with Crippen LogP contribution in [0.25, 0.3) is 0 Å². The van der Waals surface area contributed by atoms with Crippen molar-refractivity contribution in [1.82, 2.24) is 4.90 Å². The van der Waals surface area contributed by atoms with E-state index in [2.05, 4.69) is 0 Å². The zero-order chi connectivity index (χ0) is 18.5. The minimum Gasteiger partial charge on any atom is -0.338 e. The van der Waals surface area contributed by atoms with Crippen molar-refractivity contribution in [3.63, 3.8) is 0 Å². The average Bonchev–Trinajstić information content (AvgIpc) is 2.69. The summed E-state index contributed by atoms with van der Waals surface area (Å²) in [6.07, 6.45) is 1.49. The first-order valence-corrected chi connectivity index (χ1v) is 9.42. The van der Waals surface area contributed by atoms with E-state index in [1.807, 2.05) is 66.4 Å². The SMILES string of the molecule is Cc1cccc(C(=O)N2CCC(N(C(=O)CCl)c3ccccc3)CC2)c1. The molecule has 0 spiro atoms. The van der Waals surface area contributed by atoms with Crippen molar-refractivity contribution in [3.05, 3.63) is 65.7 Å². The van der Waals surface area contributed by atoms with Gasteiger partial charge in [0.05, 0.1) is 0 Å². The molecular formula is C21H23ClN2O2. The summed E-state index contributed by atoms with van der Waals surface area (Å²) in [5, 5.41) is 0. The smallest absolute Gasteiger partial charge is 0.253 e. The second kappa shape index (κ2) is 8.37. The number of para-hydroxylation sites is 1. The van der Waals surface area contributed by atoms with Gasteiger partial charge in [0, 0.05) is 30.4 Å². The minimum atomic E-state index is -0.0960. The van der Waals surface area contributed by atoms with E-state index in [-0.39, 0.29) is 23.7 Å². The molecule has 0 aliphatic carbocycles. The summed E-state index contributed by atoms with van der Waals surface area (Å²) in [6, 6.07) is 17.3. The molecule has 0 radical (unpaired) electrons. The van der Waals surface area contributed by atoms with Crippen LogP contribution in [0.2, 0.25) is 0 Å². The number of carbonyl (C=O) groups is 2. The molecule has 2 aromatic rings. The molecular weight excluding hydrogens is 348 g/mol. The number of benzene rings is 2. The fraction of sp³-hybridized carbons (Fsp3) is 0.333. The summed E-state index contributed by atoms with van der Waals surface area (Å²) in [5.74, 6) is -0.0828. The number of nitrogens with zero attached hydrogens (tertiary/aromatic N) is 2. The third-order valence-electron chi connectivity index (χ3n) is 4.80. The monoisotopic (exact) mass is 370 g/mol. The van der Waals surface area contributed by atoms with E-state index in [0.29, 0.717) is 13.1 Å². The van der Waals surface area contributed by atoms with E-state index < -0.39 is 0 Å². The Kier molecular flexibility index (Phi) is 5.94. The van der Waals surface area contributed by atoms with E-state index in [4.69, 9.17) is 11.6 Å². The van der Waals surface area contributed by atoms with E-state index in [0.717, 1.165) is 29.7 Å². The number of anilines is 1. The van der Waals surface area contributed by atoms with E-state index in [1.165, 1.54) is 0 Å². The Morgan fingerprint density at radius 1 is 1.08 bits per heavy atom. The molecule has 0 bridgehead atoms. The summed E-state index contributed by atoms with van der Waals surface area (Å²) in [7, 11) is 0. The van der Waals surface area contributed by atoms with Crippen molar-refractivity contribution >= 4 is 29.1 Å². The first-order valence-electron chi connectivity index (χ1n) is 8.89. The Morgan fingerprint density at radius 3 is 2.38 bits per heavy atom. The summed E-state index contributed by atoms with van der Waals surface area (Å²) >= 11 is 5.83. The maximum atomic E-state index is 12.7. The number of piperidine rings is 1. The van der Waals surface area contributed by atoms with Crippen LogP contribution < -0.4 is 4.90 Å². The number of aryl methyl sites for hydroxylation is 1. The number of carbonyl (C=O) groups excluding carboxylic acids is 2. The van der Waals surface area contributed by atoms with Gasteiger partial charge in [0.2, 0.25) is 5.91 Å². The Hall–Kier alpha value is -2.33. The van der Waals surface area contributed by atoms with Crippen molar-refractivity contribution in [2.24, 2.45) is 0 Å². The second-order valence-corrected chi connectivity index (χ2v) is 6.89. The van der Waals surface area contributed by atoms with Crippen molar-refractivity contribution in [2.45, 2.75) is 25.8 Å². The van der Waals surface area contributed by atoms with Crippen LogP contribution >= 0.6 is 11.6 Å². The van der Waals surface area contributed by atoms with Gasteiger partial charge in [-0.2, -0.15) is 0 Å². The normalized spacial score (nSPS) is 14.9. The number of rotatable bonds is 4.